The second-order valence-electron chi connectivity index (χ2n) is 3.70. The van der Waals surface area contributed by atoms with E-state index in [2.05, 4.69) is 28.1 Å². The summed E-state index contributed by atoms with van der Waals surface area (Å²) in [4.78, 5) is 0. The van der Waals surface area contributed by atoms with E-state index in [-0.39, 0.29) is 0 Å². The molecule has 0 saturated heterocycles. The molecule has 2 heteroatoms. The molecule has 0 radical (unpaired) electrons. The van der Waals surface area contributed by atoms with Gasteiger partial charge in [0.25, 0.3) is 0 Å². The van der Waals surface area contributed by atoms with Gasteiger partial charge in [0.2, 0.25) is 0 Å². The first-order valence-electron chi connectivity index (χ1n) is 4.42. The van der Waals surface area contributed by atoms with Crippen molar-refractivity contribution in [2.24, 2.45) is 0 Å². The summed E-state index contributed by atoms with van der Waals surface area (Å²) >= 11 is 3.40. The number of rotatable bonds is 3. The zero-order valence-corrected chi connectivity index (χ0v) is 9.63. The van der Waals surface area contributed by atoms with E-state index in [9.17, 15) is 5.11 Å². The minimum Gasteiger partial charge on any atom is -0.386 e. The second kappa shape index (κ2) is 4.25. The van der Waals surface area contributed by atoms with Crippen LogP contribution in [0.3, 0.4) is 0 Å². The summed E-state index contributed by atoms with van der Waals surface area (Å²) in [7, 11) is 0. The van der Waals surface area contributed by atoms with E-state index in [1.807, 2.05) is 12.1 Å². The maximum Gasteiger partial charge on any atom is 0.0840 e. The van der Waals surface area contributed by atoms with Crippen LogP contribution in [-0.4, -0.2) is 10.4 Å². The molecule has 0 bridgehead atoms. The summed E-state index contributed by atoms with van der Waals surface area (Å²) in [5.41, 5.74) is 1.50. The van der Waals surface area contributed by atoms with Gasteiger partial charge in [-0.2, -0.15) is 0 Å². The summed E-state index contributed by atoms with van der Waals surface area (Å²) in [6.07, 6.45) is 1.00. The standard InChI is InChI=1S/C11H15BrO/c1-11(2,13)10-5-3-4-9(8-10)6-7-12/h3-5,8,13H,6-7H2,1-2H3. The Labute approximate surface area is 87.9 Å². The topological polar surface area (TPSA) is 20.2 Å². The molecule has 0 fully saturated rings. The average Bonchev–Trinajstić information content (AvgIpc) is 2.04. The first-order valence-corrected chi connectivity index (χ1v) is 5.54. The number of aliphatic hydroxyl groups is 1. The Bertz CT molecular complexity index is 276. The molecule has 1 rings (SSSR count). The summed E-state index contributed by atoms with van der Waals surface area (Å²) in [5, 5.41) is 10.7. The van der Waals surface area contributed by atoms with Crippen molar-refractivity contribution < 1.29 is 5.11 Å². The van der Waals surface area contributed by atoms with E-state index in [4.69, 9.17) is 0 Å². The van der Waals surface area contributed by atoms with Crippen LogP contribution in [0.5, 0.6) is 0 Å². The molecule has 0 amide bonds. The highest BCUT2D eigenvalue weighted by atomic mass is 79.9. The van der Waals surface area contributed by atoms with Gasteiger partial charge in [-0.05, 0) is 31.4 Å². The molecule has 13 heavy (non-hydrogen) atoms. The van der Waals surface area contributed by atoms with Crippen LogP contribution in [0, 0.1) is 0 Å². The number of aryl methyl sites for hydroxylation is 1. The lowest BCUT2D eigenvalue weighted by Crippen LogP contribution is -2.15. The van der Waals surface area contributed by atoms with Crippen molar-refractivity contribution in [3.63, 3.8) is 0 Å². The van der Waals surface area contributed by atoms with Crippen molar-refractivity contribution in [3.05, 3.63) is 35.4 Å². The summed E-state index contributed by atoms with van der Waals surface area (Å²) < 4.78 is 0. The molecule has 0 aromatic heterocycles. The predicted molar refractivity (Wildman–Crippen MR) is 59.2 cm³/mol. The molecule has 1 aromatic rings. The Morgan fingerprint density at radius 1 is 1.38 bits per heavy atom. The number of benzene rings is 1. The van der Waals surface area contributed by atoms with Gasteiger partial charge in [-0.1, -0.05) is 40.2 Å². The van der Waals surface area contributed by atoms with Gasteiger partial charge in [0.15, 0.2) is 0 Å². The molecule has 0 aliphatic heterocycles. The zero-order valence-electron chi connectivity index (χ0n) is 8.05. The molecule has 72 valence electrons. The van der Waals surface area contributed by atoms with Crippen LogP contribution < -0.4 is 0 Å². The van der Waals surface area contributed by atoms with Crippen LogP contribution in [0.1, 0.15) is 25.0 Å². The fraction of sp³-hybridized carbons (Fsp3) is 0.455. The minimum absolute atomic E-state index is 0.734. The Morgan fingerprint density at radius 3 is 2.62 bits per heavy atom. The fourth-order valence-electron chi connectivity index (χ4n) is 1.22. The quantitative estimate of drug-likeness (QED) is 0.809. The summed E-state index contributed by atoms with van der Waals surface area (Å²) in [6, 6.07) is 8.08. The molecule has 0 aliphatic carbocycles. The lowest BCUT2D eigenvalue weighted by molar-refractivity contribution is 0.0785. The molecule has 0 saturated carbocycles. The van der Waals surface area contributed by atoms with Crippen LogP contribution >= 0.6 is 15.9 Å². The molecule has 1 N–H and O–H groups in total. The van der Waals surface area contributed by atoms with E-state index in [1.165, 1.54) is 5.56 Å². The van der Waals surface area contributed by atoms with Gasteiger partial charge in [-0.25, -0.2) is 0 Å². The lowest BCUT2D eigenvalue weighted by Gasteiger charge is -2.18. The molecule has 1 nitrogen and oxygen atoms in total. The van der Waals surface area contributed by atoms with Gasteiger partial charge in [-0.15, -0.1) is 0 Å². The highest BCUT2D eigenvalue weighted by molar-refractivity contribution is 9.09. The molecule has 1 aromatic carbocycles. The highest BCUT2D eigenvalue weighted by Gasteiger charge is 2.15. The molecule has 0 spiro atoms. The van der Waals surface area contributed by atoms with Gasteiger partial charge in [-0.3, -0.25) is 0 Å². The van der Waals surface area contributed by atoms with Crippen molar-refractivity contribution in [3.8, 4) is 0 Å². The van der Waals surface area contributed by atoms with Crippen molar-refractivity contribution in [1.82, 2.24) is 0 Å². The third-order valence-electron chi connectivity index (χ3n) is 2.02. The van der Waals surface area contributed by atoms with Gasteiger partial charge in [0, 0.05) is 5.33 Å². The van der Waals surface area contributed by atoms with Crippen LogP contribution in [0.15, 0.2) is 24.3 Å². The average molecular weight is 243 g/mol. The van der Waals surface area contributed by atoms with Crippen LogP contribution in [0.2, 0.25) is 0 Å². The van der Waals surface area contributed by atoms with Crippen molar-refractivity contribution in [2.45, 2.75) is 25.9 Å². The number of halogens is 1. The Balaban J connectivity index is 2.92. The molecular weight excluding hydrogens is 228 g/mol. The van der Waals surface area contributed by atoms with Gasteiger partial charge in [0.1, 0.15) is 0 Å². The Kier molecular flexibility index (Phi) is 3.51. The van der Waals surface area contributed by atoms with Crippen molar-refractivity contribution in [2.75, 3.05) is 5.33 Å². The predicted octanol–water partition coefficient (Wildman–Crippen LogP) is 2.85. The van der Waals surface area contributed by atoms with E-state index in [0.29, 0.717) is 0 Å². The van der Waals surface area contributed by atoms with Crippen molar-refractivity contribution in [1.29, 1.82) is 0 Å². The maximum atomic E-state index is 9.77. The van der Waals surface area contributed by atoms with Crippen molar-refractivity contribution >= 4 is 15.9 Å². The Morgan fingerprint density at radius 2 is 2.08 bits per heavy atom. The minimum atomic E-state index is -0.734. The third-order valence-corrected chi connectivity index (χ3v) is 2.41. The SMILES string of the molecule is CC(C)(O)c1cccc(CCBr)c1. The van der Waals surface area contributed by atoms with E-state index in [0.717, 1.165) is 17.3 Å². The van der Waals surface area contributed by atoms with Gasteiger partial charge < -0.3 is 5.11 Å². The van der Waals surface area contributed by atoms with Crippen LogP contribution in [0.25, 0.3) is 0 Å². The largest absolute Gasteiger partial charge is 0.386 e. The molecule has 0 unspecified atom stereocenters. The van der Waals surface area contributed by atoms with E-state index >= 15 is 0 Å². The summed E-state index contributed by atoms with van der Waals surface area (Å²) in [6.45, 7) is 3.61. The maximum absolute atomic E-state index is 9.77. The van der Waals surface area contributed by atoms with E-state index in [1.54, 1.807) is 13.8 Å². The summed E-state index contributed by atoms with van der Waals surface area (Å²) in [5.74, 6) is 0. The number of hydrogen-bond acceptors (Lipinski definition) is 1. The first kappa shape index (κ1) is 10.7. The van der Waals surface area contributed by atoms with E-state index < -0.39 is 5.60 Å². The first-order chi connectivity index (χ1) is 6.04. The highest BCUT2D eigenvalue weighted by Crippen LogP contribution is 2.20. The number of hydrogen-bond donors (Lipinski definition) is 1. The molecule has 0 heterocycles. The lowest BCUT2D eigenvalue weighted by atomic mass is 9.96. The van der Waals surface area contributed by atoms with Gasteiger partial charge in [0.05, 0.1) is 5.60 Å². The normalized spacial score (nSPS) is 11.7. The smallest absolute Gasteiger partial charge is 0.0840 e. The fourth-order valence-corrected chi connectivity index (χ4v) is 1.67. The third kappa shape index (κ3) is 3.12. The molecule has 0 atom stereocenters. The molecule has 0 aliphatic rings. The number of alkyl halides is 1. The van der Waals surface area contributed by atoms with Crippen LogP contribution in [-0.2, 0) is 12.0 Å². The zero-order chi connectivity index (χ0) is 9.90. The van der Waals surface area contributed by atoms with Crippen LogP contribution in [0.4, 0.5) is 0 Å². The second-order valence-corrected chi connectivity index (χ2v) is 4.49. The van der Waals surface area contributed by atoms with Gasteiger partial charge >= 0.3 is 0 Å². The monoisotopic (exact) mass is 242 g/mol. The molecular formula is C11H15BrO. The Hall–Kier alpha value is -0.340.